The number of hydrogen-bond donors (Lipinski definition) is 1. The zero-order valence-electron chi connectivity index (χ0n) is 18.3. The molecule has 0 radical (unpaired) electrons. The standard InChI is InChI=1S/C25H28N4O3/c1-2-32-25(31)11-12-28-13-15-29(16-14-28)21-9-7-19(8-10-21)20-17-23(27-26-18-20)22-5-3-4-6-24(22)30/h3-10,17-18,30H,2,11-16H2,1H3. The molecule has 1 saturated heterocycles. The molecule has 7 nitrogen and oxygen atoms in total. The van der Waals surface area contributed by atoms with Crippen LogP contribution in [0.15, 0.2) is 60.8 Å². The number of esters is 1. The van der Waals surface area contributed by atoms with Crippen molar-refractivity contribution in [3.8, 4) is 28.1 Å². The van der Waals surface area contributed by atoms with Crippen LogP contribution >= 0.6 is 0 Å². The number of anilines is 1. The van der Waals surface area contributed by atoms with Gasteiger partial charge in [0.25, 0.3) is 0 Å². The highest BCUT2D eigenvalue weighted by atomic mass is 16.5. The van der Waals surface area contributed by atoms with Crippen LogP contribution in [-0.4, -0.2) is 65.5 Å². The minimum atomic E-state index is -0.123. The summed E-state index contributed by atoms with van der Waals surface area (Å²) in [5.74, 6) is 0.0671. The van der Waals surface area contributed by atoms with Gasteiger partial charge in [0.05, 0.1) is 24.9 Å². The molecule has 1 aliphatic heterocycles. The molecule has 0 bridgehead atoms. The van der Waals surface area contributed by atoms with E-state index >= 15 is 0 Å². The number of carbonyl (C=O) groups excluding carboxylic acids is 1. The number of aromatic hydroxyl groups is 1. The summed E-state index contributed by atoms with van der Waals surface area (Å²) in [5, 5.41) is 18.4. The molecular weight excluding hydrogens is 404 g/mol. The van der Waals surface area contributed by atoms with E-state index in [-0.39, 0.29) is 11.7 Å². The lowest BCUT2D eigenvalue weighted by molar-refractivity contribution is -0.143. The molecule has 0 spiro atoms. The second kappa shape index (κ2) is 10.2. The molecule has 0 amide bonds. The van der Waals surface area contributed by atoms with Gasteiger partial charge in [0, 0.05) is 49.5 Å². The number of rotatable bonds is 7. The Labute approximate surface area is 188 Å². The summed E-state index contributed by atoms with van der Waals surface area (Å²) in [4.78, 5) is 16.2. The van der Waals surface area contributed by atoms with E-state index in [1.807, 2.05) is 25.1 Å². The second-order valence-electron chi connectivity index (χ2n) is 7.78. The van der Waals surface area contributed by atoms with Gasteiger partial charge in [-0.3, -0.25) is 9.69 Å². The Bertz CT molecular complexity index is 1050. The third-order valence-corrected chi connectivity index (χ3v) is 5.71. The van der Waals surface area contributed by atoms with Crippen molar-refractivity contribution < 1.29 is 14.6 Å². The fraction of sp³-hybridized carbons (Fsp3) is 0.320. The monoisotopic (exact) mass is 432 g/mol. The van der Waals surface area contributed by atoms with Crippen molar-refractivity contribution >= 4 is 11.7 Å². The first-order valence-electron chi connectivity index (χ1n) is 11.0. The van der Waals surface area contributed by atoms with Gasteiger partial charge in [-0.05, 0) is 42.8 Å². The van der Waals surface area contributed by atoms with Gasteiger partial charge >= 0.3 is 5.97 Å². The summed E-state index contributed by atoms with van der Waals surface area (Å²) >= 11 is 0. The first-order chi connectivity index (χ1) is 15.6. The lowest BCUT2D eigenvalue weighted by Crippen LogP contribution is -2.47. The van der Waals surface area contributed by atoms with E-state index in [2.05, 4.69) is 44.3 Å². The molecule has 3 aromatic rings. The maximum Gasteiger partial charge on any atom is 0.307 e. The molecule has 7 heteroatoms. The van der Waals surface area contributed by atoms with Gasteiger partial charge in [-0.2, -0.15) is 10.2 Å². The van der Waals surface area contributed by atoms with Crippen LogP contribution in [-0.2, 0) is 9.53 Å². The van der Waals surface area contributed by atoms with Gasteiger partial charge in [-0.25, -0.2) is 0 Å². The fourth-order valence-electron chi connectivity index (χ4n) is 3.92. The van der Waals surface area contributed by atoms with Gasteiger partial charge in [0.1, 0.15) is 5.75 Å². The number of phenolic OH excluding ortho intramolecular Hbond substituents is 1. The normalized spacial score (nSPS) is 14.3. The maximum atomic E-state index is 11.6. The number of phenols is 1. The van der Waals surface area contributed by atoms with E-state index < -0.39 is 0 Å². The number of carbonyl (C=O) groups is 1. The Morgan fingerprint density at radius 1 is 1.03 bits per heavy atom. The molecule has 1 fully saturated rings. The molecular formula is C25H28N4O3. The number of para-hydroxylation sites is 1. The largest absolute Gasteiger partial charge is 0.507 e. The molecule has 2 aromatic carbocycles. The van der Waals surface area contributed by atoms with Gasteiger partial charge in [0.15, 0.2) is 0 Å². The van der Waals surface area contributed by atoms with Crippen LogP contribution in [0.4, 0.5) is 5.69 Å². The Morgan fingerprint density at radius 2 is 1.78 bits per heavy atom. The molecule has 0 saturated carbocycles. The average molecular weight is 433 g/mol. The van der Waals surface area contributed by atoms with Crippen LogP contribution in [0, 0.1) is 0 Å². The van der Waals surface area contributed by atoms with Crippen molar-refractivity contribution in [1.29, 1.82) is 0 Å². The highest BCUT2D eigenvalue weighted by Gasteiger charge is 2.18. The lowest BCUT2D eigenvalue weighted by atomic mass is 10.0. The molecule has 32 heavy (non-hydrogen) atoms. The van der Waals surface area contributed by atoms with Crippen molar-refractivity contribution in [3.05, 3.63) is 60.8 Å². The Morgan fingerprint density at radius 3 is 2.50 bits per heavy atom. The Kier molecular flexibility index (Phi) is 6.97. The number of hydrogen-bond acceptors (Lipinski definition) is 7. The van der Waals surface area contributed by atoms with Crippen LogP contribution < -0.4 is 4.90 Å². The fourth-order valence-corrected chi connectivity index (χ4v) is 3.92. The Hall–Kier alpha value is -3.45. The van der Waals surface area contributed by atoms with E-state index in [0.29, 0.717) is 24.3 Å². The van der Waals surface area contributed by atoms with Crippen LogP contribution in [0.3, 0.4) is 0 Å². The molecule has 1 aromatic heterocycles. The molecule has 0 unspecified atom stereocenters. The molecule has 1 aliphatic rings. The third-order valence-electron chi connectivity index (χ3n) is 5.71. The number of nitrogens with zero attached hydrogens (tertiary/aromatic N) is 4. The van der Waals surface area contributed by atoms with E-state index in [0.717, 1.165) is 43.9 Å². The van der Waals surface area contributed by atoms with Crippen LogP contribution in [0.25, 0.3) is 22.4 Å². The van der Waals surface area contributed by atoms with Crippen molar-refractivity contribution in [1.82, 2.24) is 15.1 Å². The number of ether oxygens (including phenoxy) is 1. The highest BCUT2D eigenvalue weighted by molar-refractivity contribution is 5.73. The van der Waals surface area contributed by atoms with Gasteiger partial charge < -0.3 is 14.7 Å². The van der Waals surface area contributed by atoms with Gasteiger partial charge in [0.2, 0.25) is 0 Å². The van der Waals surface area contributed by atoms with Crippen LogP contribution in [0.1, 0.15) is 13.3 Å². The molecule has 4 rings (SSSR count). The zero-order valence-corrected chi connectivity index (χ0v) is 18.3. The van der Waals surface area contributed by atoms with Gasteiger partial charge in [-0.1, -0.05) is 24.3 Å². The van der Waals surface area contributed by atoms with Gasteiger partial charge in [-0.15, -0.1) is 0 Å². The summed E-state index contributed by atoms with van der Waals surface area (Å²) in [5.41, 5.74) is 4.49. The lowest BCUT2D eigenvalue weighted by Gasteiger charge is -2.36. The first-order valence-corrected chi connectivity index (χ1v) is 11.0. The van der Waals surface area contributed by atoms with Crippen LogP contribution in [0.5, 0.6) is 5.75 Å². The average Bonchev–Trinajstić information content (AvgIpc) is 2.84. The third kappa shape index (κ3) is 5.23. The van der Waals surface area contributed by atoms with Crippen molar-refractivity contribution in [3.63, 3.8) is 0 Å². The zero-order chi connectivity index (χ0) is 22.3. The summed E-state index contributed by atoms with van der Waals surface area (Å²) in [6, 6.07) is 17.5. The van der Waals surface area contributed by atoms with E-state index in [4.69, 9.17) is 4.74 Å². The molecule has 166 valence electrons. The predicted octanol–water partition coefficient (Wildman–Crippen LogP) is 3.59. The minimum absolute atomic E-state index is 0.123. The smallest absolute Gasteiger partial charge is 0.307 e. The predicted molar refractivity (Wildman–Crippen MR) is 124 cm³/mol. The summed E-state index contributed by atoms with van der Waals surface area (Å²) in [6.07, 6.45) is 2.19. The minimum Gasteiger partial charge on any atom is -0.507 e. The molecule has 0 aliphatic carbocycles. The molecule has 0 atom stereocenters. The number of benzene rings is 2. The highest BCUT2D eigenvalue weighted by Crippen LogP contribution is 2.30. The topological polar surface area (TPSA) is 78.8 Å². The summed E-state index contributed by atoms with van der Waals surface area (Å²) in [7, 11) is 0. The van der Waals surface area contributed by atoms with Crippen LogP contribution in [0.2, 0.25) is 0 Å². The maximum absolute atomic E-state index is 11.6. The quantitative estimate of drug-likeness (QED) is 0.572. The van der Waals surface area contributed by atoms with E-state index in [1.54, 1.807) is 18.3 Å². The molecule has 2 heterocycles. The van der Waals surface area contributed by atoms with E-state index in [1.165, 1.54) is 5.69 Å². The van der Waals surface area contributed by atoms with Crippen molar-refractivity contribution in [2.75, 3.05) is 44.2 Å². The SMILES string of the molecule is CCOC(=O)CCN1CCN(c2ccc(-c3cnnc(-c4ccccc4O)c3)cc2)CC1. The first kappa shape index (κ1) is 21.8. The number of aromatic nitrogens is 2. The van der Waals surface area contributed by atoms with E-state index in [9.17, 15) is 9.90 Å². The Balaban J connectivity index is 1.38. The molecule has 1 N–H and O–H groups in total. The summed E-state index contributed by atoms with van der Waals surface area (Å²) < 4.78 is 5.01. The second-order valence-corrected chi connectivity index (χ2v) is 7.78. The number of piperazine rings is 1. The summed E-state index contributed by atoms with van der Waals surface area (Å²) in [6.45, 7) is 6.74. The van der Waals surface area contributed by atoms with Crippen molar-refractivity contribution in [2.24, 2.45) is 0 Å². The van der Waals surface area contributed by atoms with Crippen molar-refractivity contribution in [2.45, 2.75) is 13.3 Å².